The van der Waals surface area contributed by atoms with Crippen LogP contribution in [0.4, 0.5) is 0 Å². The van der Waals surface area contributed by atoms with Gasteiger partial charge in [0.25, 0.3) is 0 Å². The predicted molar refractivity (Wildman–Crippen MR) is 56.6 cm³/mol. The minimum Gasteiger partial charge on any atom is -0.300 e. The molecule has 0 aromatic heterocycles. The fraction of sp³-hybridized carbons (Fsp3) is 0.417. The van der Waals surface area contributed by atoms with Gasteiger partial charge in [-0.05, 0) is 6.42 Å². The van der Waals surface area contributed by atoms with Gasteiger partial charge < -0.3 is 0 Å². The first-order valence-corrected chi connectivity index (χ1v) is 4.83. The summed E-state index contributed by atoms with van der Waals surface area (Å²) in [5.74, 6) is 0.377. The van der Waals surface area contributed by atoms with E-state index in [4.69, 9.17) is 0 Å². The number of carbonyl (C=O) groups is 1. The Labute approximate surface area is 80.8 Å². The number of benzene rings is 1. The van der Waals surface area contributed by atoms with Crippen LogP contribution in [0.15, 0.2) is 36.4 Å². The standard InChI is InChI=1S/C6H12O.C6H6/c1-3-5-6(7)4-2;1-2-4-6-5-3-1/h3-5H2,1-2H3;1-6H. The van der Waals surface area contributed by atoms with Crippen LogP contribution < -0.4 is 0 Å². The Morgan fingerprint density at radius 3 is 1.46 bits per heavy atom. The third-order valence-electron chi connectivity index (χ3n) is 1.59. The van der Waals surface area contributed by atoms with Crippen LogP contribution in [-0.4, -0.2) is 5.78 Å². The SMILES string of the molecule is CCCC(=O)CC.c1ccccc1. The molecule has 0 radical (unpaired) electrons. The maximum atomic E-state index is 10.4. The summed E-state index contributed by atoms with van der Waals surface area (Å²) in [6, 6.07) is 12.0. The second-order valence-corrected chi connectivity index (χ2v) is 2.80. The van der Waals surface area contributed by atoms with Gasteiger partial charge in [0.1, 0.15) is 5.78 Å². The molecule has 1 nitrogen and oxygen atoms in total. The summed E-state index contributed by atoms with van der Waals surface area (Å²) < 4.78 is 0. The van der Waals surface area contributed by atoms with Gasteiger partial charge in [0.05, 0.1) is 0 Å². The second-order valence-electron chi connectivity index (χ2n) is 2.80. The lowest BCUT2D eigenvalue weighted by molar-refractivity contribution is -0.118. The molecule has 13 heavy (non-hydrogen) atoms. The number of hydrogen-bond donors (Lipinski definition) is 0. The normalized spacial score (nSPS) is 8.46. The fourth-order valence-corrected chi connectivity index (χ4v) is 0.841. The smallest absolute Gasteiger partial charge is 0.132 e. The Morgan fingerprint density at radius 2 is 1.31 bits per heavy atom. The van der Waals surface area contributed by atoms with Crippen molar-refractivity contribution in [1.29, 1.82) is 0 Å². The summed E-state index contributed by atoms with van der Waals surface area (Å²) in [6.07, 6.45) is 2.46. The summed E-state index contributed by atoms with van der Waals surface area (Å²) in [4.78, 5) is 10.4. The van der Waals surface area contributed by atoms with Gasteiger partial charge >= 0.3 is 0 Å². The molecule has 0 unspecified atom stereocenters. The van der Waals surface area contributed by atoms with Crippen LogP contribution in [-0.2, 0) is 4.79 Å². The van der Waals surface area contributed by atoms with E-state index in [1.165, 1.54) is 0 Å². The molecule has 72 valence electrons. The number of hydrogen-bond acceptors (Lipinski definition) is 1. The van der Waals surface area contributed by atoms with Gasteiger partial charge in [0.2, 0.25) is 0 Å². The highest BCUT2D eigenvalue weighted by molar-refractivity contribution is 5.77. The molecule has 0 heterocycles. The number of carbonyl (C=O) groups excluding carboxylic acids is 1. The van der Waals surface area contributed by atoms with Crippen molar-refractivity contribution in [3.05, 3.63) is 36.4 Å². The molecular formula is C12H18O. The van der Waals surface area contributed by atoms with Crippen molar-refractivity contribution in [2.75, 3.05) is 0 Å². The maximum Gasteiger partial charge on any atom is 0.132 e. The Kier molecular flexibility index (Phi) is 8.21. The predicted octanol–water partition coefficient (Wildman–Crippen LogP) is 3.45. The third-order valence-corrected chi connectivity index (χ3v) is 1.59. The zero-order chi connectivity index (χ0) is 9.94. The number of Topliss-reactive ketones (excluding diaryl/α,β-unsaturated/α-hetero) is 1. The van der Waals surface area contributed by atoms with Crippen molar-refractivity contribution >= 4 is 5.78 Å². The van der Waals surface area contributed by atoms with Crippen molar-refractivity contribution < 1.29 is 4.79 Å². The van der Waals surface area contributed by atoms with E-state index in [9.17, 15) is 4.79 Å². The van der Waals surface area contributed by atoms with E-state index in [0.717, 1.165) is 12.8 Å². The summed E-state index contributed by atoms with van der Waals surface area (Å²) in [6.45, 7) is 3.92. The highest BCUT2D eigenvalue weighted by atomic mass is 16.1. The molecule has 1 heteroatoms. The van der Waals surface area contributed by atoms with Crippen molar-refractivity contribution in [3.8, 4) is 0 Å². The summed E-state index contributed by atoms with van der Waals surface area (Å²) in [7, 11) is 0. The van der Waals surface area contributed by atoms with Crippen molar-refractivity contribution in [2.45, 2.75) is 33.1 Å². The number of ketones is 1. The van der Waals surface area contributed by atoms with Gasteiger partial charge in [0, 0.05) is 12.8 Å². The first kappa shape index (κ1) is 11.9. The summed E-state index contributed by atoms with van der Waals surface area (Å²) in [5.41, 5.74) is 0. The van der Waals surface area contributed by atoms with E-state index in [1.54, 1.807) is 0 Å². The van der Waals surface area contributed by atoms with Crippen LogP contribution >= 0.6 is 0 Å². The van der Waals surface area contributed by atoms with Gasteiger partial charge in [0.15, 0.2) is 0 Å². The average Bonchev–Trinajstić information content (AvgIpc) is 2.22. The zero-order valence-electron chi connectivity index (χ0n) is 8.49. The third kappa shape index (κ3) is 8.80. The maximum absolute atomic E-state index is 10.4. The van der Waals surface area contributed by atoms with Crippen LogP contribution in [0.25, 0.3) is 0 Å². The zero-order valence-corrected chi connectivity index (χ0v) is 8.49. The second kappa shape index (κ2) is 8.98. The molecule has 0 saturated heterocycles. The topological polar surface area (TPSA) is 17.1 Å². The van der Waals surface area contributed by atoms with Gasteiger partial charge in [-0.25, -0.2) is 0 Å². The van der Waals surface area contributed by atoms with E-state index >= 15 is 0 Å². The molecule has 0 aliphatic rings. The Hall–Kier alpha value is -1.11. The molecule has 0 spiro atoms. The molecule has 0 fully saturated rings. The van der Waals surface area contributed by atoms with E-state index in [-0.39, 0.29) is 0 Å². The van der Waals surface area contributed by atoms with Crippen molar-refractivity contribution in [2.24, 2.45) is 0 Å². The highest BCUT2D eigenvalue weighted by Crippen LogP contribution is 1.90. The Balaban J connectivity index is 0.000000223. The minimum absolute atomic E-state index is 0.377. The highest BCUT2D eigenvalue weighted by Gasteiger charge is 1.91. The largest absolute Gasteiger partial charge is 0.300 e. The lowest BCUT2D eigenvalue weighted by Crippen LogP contribution is -1.91. The molecule has 1 aromatic carbocycles. The molecule has 1 rings (SSSR count). The molecular weight excluding hydrogens is 160 g/mol. The molecule has 0 bridgehead atoms. The summed E-state index contributed by atoms with van der Waals surface area (Å²) in [5, 5.41) is 0. The Bertz CT molecular complexity index is 177. The van der Waals surface area contributed by atoms with Gasteiger partial charge in [-0.15, -0.1) is 0 Å². The molecule has 0 N–H and O–H groups in total. The molecule has 0 aliphatic heterocycles. The fourth-order valence-electron chi connectivity index (χ4n) is 0.841. The van der Waals surface area contributed by atoms with Crippen molar-refractivity contribution in [3.63, 3.8) is 0 Å². The van der Waals surface area contributed by atoms with E-state index in [1.807, 2.05) is 50.2 Å². The molecule has 0 aliphatic carbocycles. The van der Waals surface area contributed by atoms with Crippen LogP contribution in [0, 0.1) is 0 Å². The van der Waals surface area contributed by atoms with Gasteiger partial charge in [-0.1, -0.05) is 50.2 Å². The first-order chi connectivity index (χ1) is 6.31. The average molecular weight is 178 g/mol. The van der Waals surface area contributed by atoms with Crippen LogP contribution in [0.2, 0.25) is 0 Å². The van der Waals surface area contributed by atoms with Gasteiger partial charge in [-0.3, -0.25) is 4.79 Å². The minimum atomic E-state index is 0.377. The first-order valence-electron chi connectivity index (χ1n) is 4.83. The van der Waals surface area contributed by atoms with Crippen LogP contribution in [0.3, 0.4) is 0 Å². The van der Waals surface area contributed by atoms with E-state index < -0.39 is 0 Å². The van der Waals surface area contributed by atoms with Crippen molar-refractivity contribution in [1.82, 2.24) is 0 Å². The number of rotatable bonds is 3. The van der Waals surface area contributed by atoms with Crippen LogP contribution in [0.5, 0.6) is 0 Å². The molecule has 0 atom stereocenters. The monoisotopic (exact) mass is 178 g/mol. The lowest BCUT2D eigenvalue weighted by atomic mass is 10.2. The Morgan fingerprint density at radius 1 is 0.923 bits per heavy atom. The van der Waals surface area contributed by atoms with E-state index in [0.29, 0.717) is 12.2 Å². The summed E-state index contributed by atoms with van der Waals surface area (Å²) >= 11 is 0. The van der Waals surface area contributed by atoms with E-state index in [2.05, 4.69) is 0 Å². The molecule has 0 saturated carbocycles. The van der Waals surface area contributed by atoms with Gasteiger partial charge in [-0.2, -0.15) is 0 Å². The molecule has 0 amide bonds. The van der Waals surface area contributed by atoms with Crippen LogP contribution in [0.1, 0.15) is 33.1 Å². The quantitative estimate of drug-likeness (QED) is 0.692. The molecule has 1 aromatic rings. The lowest BCUT2D eigenvalue weighted by Gasteiger charge is -1.87.